The molecule has 22 heavy (non-hydrogen) atoms. The van der Waals surface area contributed by atoms with Crippen molar-refractivity contribution < 1.29 is 14.5 Å². The standard InChI is InChI=1S/C15H19N3O4/c16-15(4-7-22-8-5-15)14(19)17-6-3-11-1-2-13(18(20)21)9-12(11)10-17/h1-2,9H,3-8,10,16H2. The number of non-ortho nitro benzene ring substituents is 1. The third kappa shape index (κ3) is 2.69. The minimum atomic E-state index is -0.865. The Labute approximate surface area is 128 Å². The summed E-state index contributed by atoms with van der Waals surface area (Å²) >= 11 is 0. The highest BCUT2D eigenvalue weighted by molar-refractivity contribution is 5.86. The van der Waals surface area contributed by atoms with Gasteiger partial charge in [0.15, 0.2) is 0 Å². The van der Waals surface area contributed by atoms with Crippen LogP contribution in [0.25, 0.3) is 0 Å². The molecule has 1 aromatic carbocycles. The van der Waals surface area contributed by atoms with Gasteiger partial charge in [-0.1, -0.05) is 6.07 Å². The van der Waals surface area contributed by atoms with Crippen LogP contribution in [-0.2, 0) is 22.5 Å². The maximum Gasteiger partial charge on any atom is 0.269 e. The van der Waals surface area contributed by atoms with Crippen molar-refractivity contribution in [1.82, 2.24) is 4.90 Å². The van der Waals surface area contributed by atoms with Gasteiger partial charge in [0, 0.05) is 38.4 Å². The van der Waals surface area contributed by atoms with Gasteiger partial charge in [0.2, 0.25) is 5.91 Å². The summed E-state index contributed by atoms with van der Waals surface area (Å²) in [6, 6.07) is 4.85. The monoisotopic (exact) mass is 305 g/mol. The molecule has 1 aromatic rings. The number of hydrogen-bond donors (Lipinski definition) is 1. The SMILES string of the molecule is NC1(C(=O)N2CCc3ccc([N+](=O)[O-])cc3C2)CCOCC1. The Hall–Kier alpha value is -1.99. The number of nitro benzene ring substituents is 1. The fourth-order valence-corrected chi connectivity index (χ4v) is 3.09. The lowest BCUT2D eigenvalue weighted by Gasteiger charge is -2.38. The molecule has 0 aromatic heterocycles. The molecular formula is C15H19N3O4. The topological polar surface area (TPSA) is 98.7 Å². The number of carbonyl (C=O) groups excluding carboxylic acids is 1. The molecule has 1 saturated heterocycles. The van der Waals surface area contributed by atoms with E-state index in [2.05, 4.69) is 0 Å². The summed E-state index contributed by atoms with van der Waals surface area (Å²) in [4.78, 5) is 24.9. The van der Waals surface area contributed by atoms with Crippen LogP contribution in [0, 0.1) is 10.1 Å². The number of nitrogens with zero attached hydrogens (tertiary/aromatic N) is 2. The van der Waals surface area contributed by atoms with Gasteiger partial charge in [0.1, 0.15) is 0 Å². The lowest BCUT2D eigenvalue weighted by molar-refractivity contribution is -0.385. The lowest BCUT2D eigenvalue weighted by Crippen LogP contribution is -2.58. The van der Waals surface area contributed by atoms with Crippen molar-refractivity contribution in [1.29, 1.82) is 0 Å². The number of nitrogens with two attached hydrogens (primary N) is 1. The van der Waals surface area contributed by atoms with Crippen LogP contribution in [0.1, 0.15) is 24.0 Å². The summed E-state index contributed by atoms with van der Waals surface area (Å²) in [6.07, 6.45) is 1.74. The fraction of sp³-hybridized carbons (Fsp3) is 0.533. The highest BCUT2D eigenvalue weighted by Gasteiger charge is 2.39. The third-order valence-corrected chi connectivity index (χ3v) is 4.51. The molecule has 1 fully saturated rings. The van der Waals surface area contributed by atoms with Crippen LogP contribution in [0.15, 0.2) is 18.2 Å². The molecule has 0 unspecified atom stereocenters. The molecule has 1 amide bonds. The first-order valence-electron chi connectivity index (χ1n) is 7.42. The van der Waals surface area contributed by atoms with Gasteiger partial charge in [-0.3, -0.25) is 14.9 Å². The summed E-state index contributed by atoms with van der Waals surface area (Å²) in [5.41, 5.74) is 7.34. The van der Waals surface area contributed by atoms with E-state index >= 15 is 0 Å². The van der Waals surface area contributed by atoms with Crippen LogP contribution in [0.4, 0.5) is 5.69 Å². The van der Waals surface area contributed by atoms with Crippen molar-refractivity contribution in [2.24, 2.45) is 5.73 Å². The largest absolute Gasteiger partial charge is 0.381 e. The Kier molecular flexibility index (Phi) is 3.84. The van der Waals surface area contributed by atoms with Crippen LogP contribution in [0.3, 0.4) is 0 Å². The minimum Gasteiger partial charge on any atom is -0.381 e. The van der Waals surface area contributed by atoms with Crippen molar-refractivity contribution in [2.45, 2.75) is 31.3 Å². The molecule has 0 saturated carbocycles. The molecule has 0 atom stereocenters. The number of ether oxygens (including phenoxy) is 1. The number of rotatable bonds is 2. The summed E-state index contributed by atoms with van der Waals surface area (Å²) in [6.45, 7) is 1.98. The van der Waals surface area contributed by atoms with E-state index in [9.17, 15) is 14.9 Å². The number of hydrogen-bond acceptors (Lipinski definition) is 5. The van der Waals surface area contributed by atoms with Gasteiger partial charge in [0.25, 0.3) is 5.69 Å². The molecule has 118 valence electrons. The first kappa shape index (κ1) is 14.9. The second kappa shape index (κ2) is 5.66. The van der Waals surface area contributed by atoms with Crippen molar-refractivity contribution in [3.8, 4) is 0 Å². The normalized spacial score (nSPS) is 20.3. The molecule has 3 rings (SSSR count). The zero-order chi connectivity index (χ0) is 15.7. The molecule has 0 aliphatic carbocycles. The summed E-state index contributed by atoms with van der Waals surface area (Å²) in [5.74, 6) is -0.0760. The van der Waals surface area contributed by atoms with Crippen molar-refractivity contribution in [2.75, 3.05) is 19.8 Å². The molecule has 0 radical (unpaired) electrons. The van der Waals surface area contributed by atoms with Crippen molar-refractivity contribution in [3.63, 3.8) is 0 Å². The molecule has 7 nitrogen and oxygen atoms in total. The zero-order valence-corrected chi connectivity index (χ0v) is 12.3. The smallest absolute Gasteiger partial charge is 0.269 e. The molecule has 2 aliphatic rings. The Morgan fingerprint density at radius 2 is 2.05 bits per heavy atom. The quantitative estimate of drug-likeness (QED) is 0.649. The second-order valence-corrected chi connectivity index (χ2v) is 5.96. The van der Waals surface area contributed by atoms with Gasteiger partial charge in [-0.05, 0) is 30.4 Å². The minimum absolute atomic E-state index is 0.0570. The van der Waals surface area contributed by atoms with E-state index in [1.807, 2.05) is 0 Å². The van der Waals surface area contributed by atoms with E-state index in [1.54, 1.807) is 17.0 Å². The molecule has 2 aliphatic heterocycles. The van der Waals surface area contributed by atoms with Gasteiger partial charge in [0.05, 0.1) is 10.5 Å². The number of carbonyl (C=O) groups is 1. The Morgan fingerprint density at radius 1 is 1.32 bits per heavy atom. The highest BCUT2D eigenvalue weighted by Crippen LogP contribution is 2.27. The zero-order valence-electron chi connectivity index (χ0n) is 12.3. The average Bonchev–Trinajstić information content (AvgIpc) is 2.53. The van der Waals surface area contributed by atoms with Crippen LogP contribution in [-0.4, -0.2) is 41.0 Å². The Morgan fingerprint density at radius 3 is 2.73 bits per heavy atom. The van der Waals surface area contributed by atoms with E-state index in [4.69, 9.17) is 10.5 Å². The van der Waals surface area contributed by atoms with Gasteiger partial charge in [-0.15, -0.1) is 0 Å². The van der Waals surface area contributed by atoms with E-state index < -0.39 is 10.5 Å². The molecule has 7 heteroatoms. The predicted octanol–water partition coefficient (Wildman–Crippen LogP) is 0.987. The number of amides is 1. The van der Waals surface area contributed by atoms with Gasteiger partial charge >= 0.3 is 0 Å². The second-order valence-electron chi connectivity index (χ2n) is 5.96. The lowest BCUT2D eigenvalue weighted by atomic mass is 9.88. The summed E-state index contributed by atoms with van der Waals surface area (Å²) in [5, 5.41) is 10.9. The molecule has 2 N–H and O–H groups in total. The van der Waals surface area contributed by atoms with Crippen LogP contribution < -0.4 is 5.73 Å². The molecule has 0 bridgehead atoms. The number of benzene rings is 1. The Balaban J connectivity index is 1.79. The maximum absolute atomic E-state index is 12.7. The van der Waals surface area contributed by atoms with E-state index in [0.717, 1.165) is 11.1 Å². The van der Waals surface area contributed by atoms with E-state index in [1.165, 1.54) is 6.07 Å². The maximum atomic E-state index is 12.7. The van der Waals surface area contributed by atoms with Gasteiger partial charge < -0.3 is 15.4 Å². The van der Waals surface area contributed by atoms with E-state index in [-0.39, 0.29) is 11.6 Å². The fourth-order valence-electron chi connectivity index (χ4n) is 3.09. The van der Waals surface area contributed by atoms with Crippen molar-refractivity contribution in [3.05, 3.63) is 39.4 Å². The summed E-state index contributed by atoms with van der Waals surface area (Å²) in [7, 11) is 0. The average molecular weight is 305 g/mol. The molecular weight excluding hydrogens is 286 g/mol. The van der Waals surface area contributed by atoms with Crippen LogP contribution in [0.5, 0.6) is 0 Å². The Bertz CT molecular complexity index is 611. The first-order chi connectivity index (χ1) is 10.5. The first-order valence-corrected chi connectivity index (χ1v) is 7.42. The van der Waals surface area contributed by atoms with Crippen LogP contribution in [0.2, 0.25) is 0 Å². The van der Waals surface area contributed by atoms with Gasteiger partial charge in [-0.2, -0.15) is 0 Å². The third-order valence-electron chi connectivity index (χ3n) is 4.51. The highest BCUT2D eigenvalue weighted by atomic mass is 16.6. The van der Waals surface area contributed by atoms with E-state index in [0.29, 0.717) is 45.6 Å². The number of nitro groups is 1. The van der Waals surface area contributed by atoms with Gasteiger partial charge in [-0.25, -0.2) is 0 Å². The number of fused-ring (bicyclic) bond motifs is 1. The predicted molar refractivity (Wildman–Crippen MR) is 79.2 cm³/mol. The van der Waals surface area contributed by atoms with Crippen LogP contribution >= 0.6 is 0 Å². The molecule has 0 spiro atoms. The summed E-state index contributed by atoms with van der Waals surface area (Å²) < 4.78 is 5.28. The van der Waals surface area contributed by atoms with Crippen molar-refractivity contribution >= 4 is 11.6 Å². The molecule has 2 heterocycles.